The summed E-state index contributed by atoms with van der Waals surface area (Å²) in [6.45, 7) is 3.27. The number of nitrogens with zero attached hydrogens (tertiary/aromatic N) is 2. The van der Waals surface area contributed by atoms with Crippen LogP contribution < -0.4 is 14.8 Å². The minimum absolute atomic E-state index is 0.365. The number of rotatable bonds is 7. The normalized spacial score (nSPS) is 13.8. The van der Waals surface area contributed by atoms with Crippen LogP contribution in [0.1, 0.15) is 25.3 Å². The third-order valence-corrected chi connectivity index (χ3v) is 3.17. The zero-order valence-electron chi connectivity index (χ0n) is 12.1. The molecular formula is C16H19N3O2. The van der Waals surface area contributed by atoms with E-state index in [1.54, 1.807) is 12.4 Å². The highest BCUT2D eigenvalue weighted by Crippen LogP contribution is 2.35. The van der Waals surface area contributed by atoms with Gasteiger partial charge >= 0.3 is 0 Å². The SMILES string of the molecule is CCOc1cc(NCc2cncnc2)ccc1OC1CC1. The van der Waals surface area contributed by atoms with Crippen LogP contribution in [0.5, 0.6) is 11.5 Å². The van der Waals surface area contributed by atoms with Crippen molar-refractivity contribution in [3.8, 4) is 11.5 Å². The second-order valence-electron chi connectivity index (χ2n) is 5.01. The molecule has 0 atom stereocenters. The van der Waals surface area contributed by atoms with Crippen molar-refractivity contribution in [2.75, 3.05) is 11.9 Å². The molecule has 1 aromatic heterocycles. The first-order chi connectivity index (χ1) is 10.3. The lowest BCUT2D eigenvalue weighted by Crippen LogP contribution is -2.03. The molecule has 110 valence electrons. The first-order valence-electron chi connectivity index (χ1n) is 7.26. The fourth-order valence-electron chi connectivity index (χ4n) is 1.97. The molecule has 5 nitrogen and oxygen atoms in total. The summed E-state index contributed by atoms with van der Waals surface area (Å²) in [5, 5.41) is 3.34. The van der Waals surface area contributed by atoms with Crippen LogP contribution >= 0.6 is 0 Å². The highest BCUT2D eigenvalue weighted by Gasteiger charge is 2.24. The fraction of sp³-hybridized carbons (Fsp3) is 0.375. The smallest absolute Gasteiger partial charge is 0.163 e. The van der Waals surface area contributed by atoms with E-state index in [-0.39, 0.29) is 0 Å². The van der Waals surface area contributed by atoms with Crippen molar-refractivity contribution in [1.82, 2.24) is 9.97 Å². The lowest BCUT2D eigenvalue weighted by Gasteiger charge is -2.14. The van der Waals surface area contributed by atoms with Gasteiger partial charge in [0.1, 0.15) is 6.33 Å². The maximum atomic E-state index is 5.85. The second kappa shape index (κ2) is 6.43. The maximum absolute atomic E-state index is 5.85. The van der Waals surface area contributed by atoms with Crippen LogP contribution in [-0.4, -0.2) is 22.7 Å². The van der Waals surface area contributed by atoms with Crippen molar-refractivity contribution in [3.05, 3.63) is 42.5 Å². The summed E-state index contributed by atoms with van der Waals surface area (Å²) >= 11 is 0. The number of hydrogen-bond acceptors (Lipinski definition) is 5. The van der Waals surface area contributed by atoms with E-state index in [1.807, 2.05) is 25.1 Å². The molecule has 0 bridgehead atoms. The van der Waals surface area contributed by atoms with Gasteiger partial charge in [0.2, 0.25) is 0 Å². The Kier molecular flexibility index (Phi) is 4.19. The molecule has 0 unspecified atom stereocenters. The van der Waals surface area contributed by atoms with E-state index in [0.717, 1.165) is 35.6 Å². The van der Waals surface area contributed by atoms with Crippen molar-refractivity contribution in [1.29, 1.82) is 0 Å². The molecule has 2 aromatic rings. The van der Waals surface area contributed by atoms with E-state index < -0.39 is 0 Å². The molecule has 0 radical (unpaired) electrons. The second-order valence-corrected chi connectivity index (χ2v) is 5.01. The molecule has 1 aromatic carbocycles. The summed E-state index contributed by atoms with van der Waals surface area (Å²) in [7, 11) is 0. The standard InChI is InChI=1S/C16H19N3O2/c1-2-20-16-7-13(3-6-15(16)21-14-4-5-14)19-10-12-8-17-11-18-9-12/h3,6-9,11,14,19H,2,4-5,10H2,1H3. The van der Waals surface area contributed by atoms with Gasteiger partial charge in [-0.25, -0.2) is 9.97 Å². The van der Waals surface area contributed by atoms with Gasteiger partial charge in [-0.15, -0.1) is 0 Å². The zero-order chi connectivity index (χ0) is 14.5. The number of ether oxygens (including phenoxy) is 2. The van der Waals surface area contributed by atoms with Crippen LogP contribution in [0.3, 0.4) is 0 Å². The van der Waals surface area contributed by atoms with Crippen LogP contribution in [-0.2, 0) is 6.54 Å². The van der Waals surface area contributed by atoms with E-state index in [1.165, 1.54) is 6.33 Å². The van der Waals surface area contributed by atoms with Gasteiger partial charge in [0, 0.05) is 36.3 Å². The Bertz CT molecular complexity index is 585. The lowest BCUT2D eigenvalue weighted by atomic mass is 10.2. The number of anilines is 1. The van der Waals surface area contributed by atoms with Gasteiger partial charge in [-0.2, -0.15) is 0 Å². The largest absolute Gasteiger partial charge is 0.490 e. The van der Waals surface area contributed by atoms with Crippen molar-refractivity contribution in [2.24, 2.45) is 0 Å². The fourth-order valence-corrected chi connectivity index (χ4v) is 1.97. The molecule has 1 aliphatic carbocycles. The van der Waals surface area contributed by atoms with Gasteiger partial charge in [-0.3, -0.25) is 0 Å². The summed E-state index contributed by atoms with van der Waals surface area (Å²) in [5.41, 5.74) is 2.03. The van der Waals surface area contributed by atoms with Gasteiger partial charge < -0.3 is 14.8 Å². The van der Waals surface area contributed by atoms with Crippen molar-refractivity contribution in [2.45, 2.75) is 32.4 Å². The molecule has 0 saturated heterocycles. The summed E-state index contributed by atoms with van der Waals surface area (Å²) < 4.78 is 11.5. The molecule has 0 aliphatic heterocycles. The quantitative estimate of drug-likeness (QED) is 0.847. The summed E-state index contributed by atoms with van der Waals surface area (Å²) in [5.74, 6) is 1.62. The molecule has 5 heteroatoms. The molecule has 1 heterocycles. The van der Waals surface area contributed by atoms with E-state index >= 15 is 0 Å². The van der Waals surface area contributed by atoms with E-state index in [9.17, 15) is 0 Å². The summed E-state index contributed by atoms with van der Waals surface area (Å²) in [6.07, 6.45) is 7.77. The van der Waals surface area contributed by atoms with Crippen LogP contribution in [0.25, 0.3) is 0 Å². The molecule has 1 fully saturated rings. The molecule has 1 N–H and O–H groups in total. The molecular weight excluding hydrogens is 266 g/mol. The molecule has 21 heavy (non-hydrogen) atoms. The predicted molar refractivity (Wildman–Crippen MR) is 80.6 cm³/mol. The van der Waals surface area contributed by atoms with E-state index in [0.29, 0.717) is 19.3 Å². The zero-order valence-corrected chi connectivity index (χ0v) is 12.1. The minimum atomic E-state index is 0.365. The number of nitrogens with one attached hydrogen (secondary N) is 1. The monoisotopic (exact) mass is 285 g/mol. The number of benzene rings is 1. The Balaban J connectivity index is 1.68. The maximum Gasteiger partial charge on any atom is 0.163 e. The summed E-state index contributed by atoms with van der Waals surface area (Å²) in [4.78, 5) is 8.00. The van der Waals surface area contributed by atoms with E-state index in [2.05, 4.69) is 15.3 Å². The van der Waals surface area contributed by atoms with Gasteiger partial charge in [-0.05, 0) is 31.9 Å². The Hall–Kier alpha value is -2.30. The summed E-state index contributed by atoms with van der Waals surface area (Å²) in [6, 6.07) is 5.95. The number of hydrogen-bond donors (Lipinski definition) is 1. The third-order valence-electron chi connectivity index (χ3n) is 3.17. The highest BCUT2D eigenvalue weighted by atomic mass is 16.5. The van der Waals surface area contributed by atoms with Gasteiger partial charge in [0.15, 0.2) is 11.5 Å². The average molecular weight is 285 g/mol. The average Bonchev–Trinajstić information content (AvgIpc) is 3.33. The molecule has 3 rings (SSSR count). The number of aromatic nitrogens is 2. The third kappa shape index (κ3) is 3.84. The molecule has 1 aliphatic rings. The molecule has 0 spiro atoms. The Morgan fingerprint density at radius 1 is 1.19 bits per heavy atom. The van der Waals surface area contributed by atoms with Crippen molar-refractivity contribution < 1.29 is 9.47 Å². The van der Waals surface area contributed by atoms with Gasteiger partial charge in [-0.1, -0.05) is 0 Å². The van der Waals surface area contributed by atoms with Crippen molar-refractivity contribution in [3.63, 3.8) is 0 Å². The lowest BCUT2D eigenvalue weighted by molar-refractivity contribution is 0.267. The minimum Gasteiger partial charge on any atom is -0.490 e. The Morgan fingerprint density at radius 3 is 2.71 bits per heavy atom. The first-order valence-corrected chi connectivity index (χ1v) is 7.26. The van der Waals surface area contributed by atoms with Crippen LogP contribution in [0, 0.1) is 0 Å². The Labute approximate surface area is 124 Å². The van der Waals surface area contributed by atoms with Gasteiger partial charge in [0.25, 0.3) is 0 Å². The highest BCUT2D eigenvalue weighted by molar-refractivity contribution is 5.55. The first kappa shape index (κ1) is 13.7. The molecule has 1 saturated carbocycles. The van der Waals surface area contributed by atoms with Crippen LogP contribution in [0.15, 0.2) is 36.9 Å². The van der Waals surface area contributed by atoms with Crippen LogP contribution in [0.2, 0.25) is 0 Å². The Morgan fingerprint density at radius 2 is 2.00 bits per heavy atom. The van der Waals surface area contributed by atoms with E-state index in [4.69, 9.17) is 9.47 Å². The molecule has 0 amide bonds. The van der Waals surface area contributed by atoms with Gasteiger partial charge in [0.05, 0.1) is 12.7 Å². The van der Waals surface area contributed by atoms with Crippen molar-refractivity contribution >= 4 is 5.69 Å². The topological polar surface area (TPSA) is 56.3 Å². The van der Waals surface area contributed by atoms with Crippen LogP contribution in [0.4, 0.5) is 5.69 Å². The predicted octanol–water partition coefficient (Wildman–Crippen LogP) is 3.03.